The number of aromatic nitrogens is 2. The number of likely N-dealkylation sites (tertiary alicyclic amines) is 1. The average molecular weight is 377 g/mol. The zero-order valence-electron chi connectivity index (χ0n) is 15.7. The van der Waals surface area contributed by atoms with Crippen LogP contribution in [0.25, 0.3) is 0 Å². The molecule has 1 atom stereocenters. The standard InChI is InChI=1S/C19H28N4O2S/c1-13(26-2)17(24)22-10-7-19(8-11-22)16-15(20-12-21-16)6-9-23(19)18(25)14-4-3-5-14/h12-14H,3-11H2,1-2H3,(H,20,21)/t13-/m0/s1. The van der Waals surface area contributed by atoms with Crippen LogP contribution in [0.3, 0.4) is 0 Å². The van der Waals surface area contributed by atoms with Crippen LogP contribution in [0.5, 0.6) is 0 Å². The van der Waals surface area contributed by atoms with Crippen LogP contribution in [0.2, 0.25) is 0 Å². The molecule has 0 bridgehead atoms. The van der Waals surface area contributed by atoms with Crippen molar-refractivity contribution in [1.82, 2.24) is 19.8 Å². The van der Waals surface area contributed by atoms with Crippen molar-refractivity contribution >= 4 is 23.6 Å². The summed E-state index contributed by atoms with van der Waals surface area (Å²) >= 11 is 1.59. The number of aromatic amines is 1. The molecule has 2 aliphatic heterocycles. The molecule has 2 amide bonds. The molecule has 1 saturated heterocycles. The lowest BCUT2D eigenvalue weighted by Gasteiger charge is -2.52. The zero-order valence-corrected chi connectivity index (χ0v) is 16.5. The highest BCUT2D eigenvalue weighted by Crippen LogP contribution is 2.44. The van der Waals surface area contributed by atoms with Crippen LogP contribution in [0.15, 0.2) is 6.33 Å². The molecule has 1 aliphatic carbocycles. The van der Waals surface area contributed by atoms with E-state index in [1.807, 2.05) is 18.1 Å². The summed E-state index contributed by atoms with van der Waals surface area (Å²) in [6, 6.07) is 0. The second-order valence-corrected chi connectivity index (χ2v) is 9.01. The lowest BCUT2D eigenvalue weighted by Crippen LogP contribution is -2.60. The molecule has 1 aromatic rings. The summed E-state index contributed by atoms with van der Waals surface area (Å²) in [7, 11) is 0. The largest absolute Gasteiger partial charge is 0.348 e. The van der Waals surface area contributed by atoms with Crippen molar-refractivity contribution in [3.8, 4) is 0 Å². The first-order valence-corrected chi connectivity index (χ1v) is 11.0. The Kier molecular flexibility index (Phi) is 4.75. The minimum atomic E-state index is -0.334. The van der Waals surface area contributed by atoms with Crippen LogP contribution in [0.4, 0.5) is 0 Å². The van der Waals surface area contributed by atoms with Crippen LogP contribution in [0.1, 0.15) is 50.4 Å². The van der Waals surface area contributed by atoms with Gasteiger partial charge in [0, 0.05) is 37.7 Å². The van der Waals surface area contributed by atoms with Gasteiger partial charge in [-0.1, -0.05) is 6.42 Å². The van der Waals surface area contributed by atoms with E-state index in [9.17, 15) is 9.59 Å². The van der Waals surface area contributed by atoms with Crippen molar-refractivity contribution in [2.45, 2.75) is 56.2 Å². The molecule has 2 fully saturated rings. The van der Waals surface area contributed by atoms with Gasteiger partial charge < -0.3 is 14.8 Å². The molecule has 0 aromatic carbocycles. The number of H-pyrrole nitrogens is 1. The second-order valence-electron chi connectivity index (χ2n) is 7.83. The number of hydrogen-bond acceptors (Lipinski definition) is 4. The van der Waals surface area contributed by atoms with E-state index in [0.717, 1.165) is 44.3 Å². The zero-order chi connectivity index (χ0) is 18.3. The molecular formula is C19H28N4O2S. The minimum absolute atomic E-state index is 0.0101. The van der Waals surface area contributed by atoms with Gasteiger partial charge in [0.1, 0.15) is 0 Å². The maximum absolute atomic E-state index is 13.2. The molecule has 0 radical (unpaired) electrons. The third-order valence-corrected chi connectivity index (χ3v) is 7.49. The number of imidazole rings is 1. The molecule has 1 N–H and O–H groups in total. The SMILES string of the molecule is CS[C@@H](C)C(=O)N1CCC2(CC1)c1nc[nH]c1CCN2C(=O)C1CCC1. The van der Waals surface area contributed by atoms with E-state index >= 15 is 0 Å². The first kappa shape index (κ1) is 17.9. The third-order valence-electron chi connectivity index (χ3n) is 6.59. The third kappa shape index (κ3) is 2.75. The van der Waals surface area contributed by atoms with Crippen molar-refractivity contribution in [1.29, 1.82) is 0 Å². The van der Waals surface area contributed by atoms with Gasteiger partial charge in [-0.15, -0.1) is 0 Å². The highest BCUT2D eigenvalue weighted by molar-refractivity contribution is 7.99. The van der Waals surface area contributed by atoms with Gasteiger partial charge in [-0.05, 0) is 38.9 Å². The van der Waals surface area contributed by atoms with Gasteiger partial charge in [0.2, 0.25) is 11.8 Å². The van der Waals surface area contributed by atoms with Crippen molar-refractivity contribution in [2.75, 3.05) is 25.9 Å². The van der Waals surface area contributed by atoms with Crippen molar-refractivity contribution < 1.29 is 9.59 Å². The smallest absolute Gasteiger partial charge is 0.235 e. The topological polar surface area (TPSA) is 69.3 Å². The number of hydrogen-bond donors (Lipinski definition) is 1. The van der Waals surface area contributed by atoms with Gasteiger partial charge in [0.05, 0.1) is 22.8 Å². The van der Waals surface area contributed by atoms with Gasteiger partial charge in [-0.25, -0.2) is 4.98 Å². The molecule has 7 heteroatoms. The van der Waals surface area contributed by atoms with E-state index in [1.165, 1.54) is 12.1 Å². The summed E-state index contributed by atoms with van der Waals surface area (Å²) < 4.78 is 0. The molecule has 6 nitrogen and oxygen atoms in total. The fourth-order valence-electron chi connectivity index (χ4n) is 4.64. The summed E-state index contributed by atoms with van der Waals surface area (Å²) in [6.07, 6.45) is 9.37. The molecule has 26 heavy (non-hydrogen) atoms. The van der Waals surface area contributed by atoms with E-state index in [-0.39, 0.29) is 22.6 Å². The number of fused-ring (bicyclic) bond motifs is 2. The number of nitrogens with one attached hydrogen (secondary N) is 1. The maximum atomic E-state index is 13.2. The first-order valence-electron chi connectivity index (χ1n) is 9.72. The lowest BCUT2D eigenvalue weighted by molar-refractivity contribution is -0.150. The summed E-state index contributed by atoms with van der Waals surface area (Å²) in [5.74, 6) is 0.716. The number of piperidine rings is 1. The minimum Gasteiger partial charge on any atom is -0.348 e. The van der Waals surface area contributed by atoms with Crippen LogP contribution in [-0.4, -0.2) is 62.7 Å². The Hall–Kier alpha value is -1.50. The normalized spacial score (nSPS) is 23.5. The van der Waals surface area contributed by atoms with E-state index < -0.39 is 0 Å². The molecule has 3 aliphatic rings. The van der Waals surface area contributed by atoms with Crippen molar-refractivity contribution in [2.24, 2.45) is 5.92 Å². The van der Waals surface area contributed by atoms with Crippen LogP contribution in [0, 0.1) is 5.92 Å². The van der Waals surface area contributed by atoms with E-state index in [2.05, 4.69) is 14.9 Å². The predicted molar refractivity (Wildman–Crippen MR) is 102 cm³/mol. The summed E-state index contributed by atoms with van der Waals surface area (Å²) in [4.78, 5) is 37.7. The van der Waals surface area contributed by atoms with Gasteiger partial charge in [0.25, 0.3) is 0 Å². The number of nitrogens with zero attached hydrogens (tertiary/aromatic N) is 3. The quantitative estimate of drug-likeness (QED) is 0.878. The molecule has 0 unspecified atom stereocenters. The molecule has 142 valence electrons. The Balaban J connectivity index is 1.59. The Morgan fingerprint density at radius 3 is 2.65 bits per heavy atom. The highest BCUT2D eigenvalue weighted by atomic mass is 32.2. The Morgan fingerprint density at radius 2 is 2.04 bits per heavy atom. The number of thioether (sulfide) groups is 1. The van der Waals surface area contributed by atoms with Crippen LogP contribution in [-0.2, 0) is 21.5 Å². The van der Waals surface area contributed by atoms with Crippen LogP contribution < -0.4 is 0 Å². The maximum Gasteiger partial charge on any atom is 0.235 e. The monoisotopic (exact) mass is 376 g/mol. The summed E-state index contributed by atoms with van der Waals surface area (Å²) in [5.41, 5.74) is 1.88. The molecule has 4 rings (SSSR count). The molecule has 1 saturated carbocycles. The highest BCUT2D eigenvalue weighted by Gasteiger charge is 2.50. The van der Waals surface area contributed by atoms with Gasteiger partial charge in [0.15, 0.2) is 0 Å². The number of amides is 2. The molecule has 1 aromatic heterocycles. The number of carbonyl (C=O) groups excluding carboxylic acids is 2. The van der Waals surface area contributed by atoms with Gasteiger partial charge in [-0.2, -0.15) is 11.8 Å². The summed E-state index contributed by atoms with van der Waals surface area (Å²) in [5, 5.41) is -0.0101. The molecule has 1 spiro atoms. The fraction of sp³-hybridized carbons (Fsp3) is 0.737. The molecule has 3 heterocycles. The molecular weight excluding hydrogens is 348 g/mol. The second kappa shape index (κ2) is 6.91. The Morgan fingerprint density at radius 1 is 1.31 bits per heavy atom. The Bertz CT molecular complexity index is 691. The van der Waals surface area contributed by atoms with Gasteiger partial charge in [-0.3, -0.25) is 9.59 Å². The van der Waals surface area contributed by atoms with Crippen LogP contribution >= 0.6 is 11.8 Å². The lowest BCUT2D eigenvalue weighted by atomic mass is 9.76. The summed E-state index contributed by atoms with van der Waals surface area (Å²) in [6.45, 7) is 4.13. The van der Waals surface area contributed by atoms with E-state index in [1.54, 1.807) is 18.1 Å². The first-order chi connectivity index (χ1) is 12.6. The Labute approximate surface area is 159 Å². The van der Waals surface area contributed by atoms with E-state index in [0.29, 0.717) is 19.0 Å². The number of rotatable bonds is 3. The average Bonchev–Trinajstić information content (AvgIpc) is 3.10. The van der Waals surface area contributed by atoms with E-state index in [4.69, 9.17) is 0 Å². The fourth-order valence-corrected chi connectivity index (χ4v) is 4.99. The van der Waals surface area contributed by atoms with Gasteiger partial charge >= 0.3 is 0 Å². The number of carbonyl (C=O) groups is 2. The van der Waals surface area contributed by atoms with Crippen molar-refractivity contribution in [3.63, 3.8) is 0 Å². The van der Waals surface area contributed by atoms with Crippen molar-refractivity contribution in [3.05, 3.63) is 17.7 Å². The predicted octanol–water partition coefficient (Wildman–Crippen LogP) is 2.16.